The van der Waals surface area contributed by atoms with Gasteiger partial charge in [0.15, 0.2) is 0 Å². The van der Waals surface area contributed by atoms with Crippen molar-refractivity contribution in [3.05, 3.63) is 0 Å². The summed E-state index contributed by atoms with van der Waals surface area (Å²) < 4.78 is 0. The van der Waals surface area contributed by atoms with E-state index in [1.807, 2.05) is 0 Å². The van der Waals surface area contributed by atoms with Crippen LogP contribution in [0.4, 0.5) is 0 Å². The second kappa shape index (κ2) is 4.64. The van der Waals surface area contributed by atoms with Crippen LogP contribution in [0.1, 0.15) is 27.2 Å². The van der Waals surface area contributed by atoms with E-state index in [1.54, 1.807) is 0 Å². The molecule has 0 aliphatic carbocycles. The summed E-state index contributed by atoms with van der Waals surface area (Å²) in [5.41, 5.74) is 0. The van der Waals surface area contributed by atoms with Crippen LogP contribution in [0.15, 0.2) is 0 Å². The van der Waals surface area contributed by atoms with E-state index >= 15 is 0 Å². The molecule has 0 amide bonds. The molecule has 1 aliphatic heterocycles. The van der Waals surface area contributed by atoms with Gasteiger partial charge in [-0.2, -0.15) is 0 Å². The minimum Gasteiger partial charge on any atom is -0.311 e. The average Bonchev–Trinajstić information content (AvgIpc) is 2.09. The molecule has 0 aromatic carbocycles. The van der Waals surface area contributed by atoms with Crippen molar-refractivity contribution in [3.8, 4) is 12.3 Å². The lowest BCUT2D eigenvalue weighted by Crippen LogP contribution is -2.56. The van der Waals surface area contributed by atoms with Crippen molar-refractivity contribution < 1.29 is 0 Å². The van der Waals surface area contributed by atoms with E-state index in [0.29, 0.717) is 18.1 Å². The summed E-state index contributed by atoms with van der Waals surface area (Å²) in [5, 5.41) is 3.47. The first-order chi connectivity index (χ1) is 6.15. The van der Waals surface area contributed by atoms with E-state index in [2.05, 4.69) is 36.9 Å². The van der Waals surface area contributed by atoms with Gasteiger partial charge < -0.3 is 5.32 Å². The largest absolute Gasteiger partial charge is 0.311 e. The fraction of sp³-hybridized carbons (Fsp3) is 0.818. The van der Waals surface area contributed by atoms with Crippen LogP contribution in [0, 0.1) is 12.3 Å². The zero-order valence-corrected chi connectivity index (χ0v) is 8.88. The van der Waals surface area contributed by atoms with Gasteiger partial charge >= 0.3 is 0 Å². The number of piperazine rings is 1. The molecular formula is C11H20N2. The van der Waals surface area contributed by atoms with E-state index in [0.717, 1.165) is 19.5 Å². The van der Waals surface area contributed by atoms with E-state index in [1.165, 1.54) is 0 Å². The molecule has 0 aromatic heterocycles. The average molecular weight is 180 g/mol. The lowest BCUT2D eigenvalue weighted by atomic mass is 10.1. The number of terminal acetylenes is 1. The molecule has 0 aromatic rings. The second-order valence-electron chi connectivity index (χ2n) is 4.11. The molecule has 3 atom stereocenters. The van der Waals surface area contributed by atoms with Crippen molar-refractivity contribution in [2.24, 2.45) is 0 Å². The van der Waals surface area contributed by atoms with E-state index in [4.69, 9.17) is 6.42 Å². The first-order valence-electron chi connectivity index (χ1n) is 5.07. The van der Waals surface area contributed by atoms with Crippen molar-refractivity contribution in [1.29, 1.82) is 0 Å². The van der Waals surface area contributed by atoms with E-state index < -0.39 is 0 Å². The number of hydrogen-bond donors (Lipinski definition) is 1. The predicted molar refractivity (Wildman–Crippen MR) is 56.5 cm³/mol. The Balaban J connectivity index is 2.50. The Morgan fingerprint density at radius 2 is 2.31 bits per heavy atom. The summed E-state index contributed by atoms with van der Waals surface area (Å²) in [7, 11) is 0. The Hall–Kier alpha value is -0.520. The lowest BCUT2D eigenvalue weighted by Gasteiger charge is -2.40. The second-order valence-corrected chi connectivity index (χ2v) is 4.11. The van der Waals surface area contributed by atoms with Crippen molar-refractivity contribution in [1.82, 2.24) is 10.2 Å². The Bertz CT molecular complexity index is 195. The van der Waals surface area contributed by atoms with Crippen molar-refractivity contribution in [2.45, 2.75) is 45.3 Å². The summed E-state index contributed by atoms with van der Waals surface area (Å²) in [6, 6.07) is 1.72. The molecule has 74 valence electrons. The van der Waals surface area contributed by atoms with Crippen LogP contribution >= 0.6 is 0 Å². The third-order valence-corrected chi connectivity index (χ3v) is 2.79. The Morgan fingerprint density at radius 3 is 2.92 bits per heavy atom. The molecule has 1 rings (SSSR count). The molecule has 0 radical (unpaired) electrons. The van der Waals surface area contributed by atoms with Crippen LogP contribution in [-0.4, -0.2) is 36.1 Å². The minimum atomic E-state index is 0.518. The Morgan fingerprint density at radius 1 is 1.62 bits per heavy atom. The number of nitrogens with zero attached hydrogens (tertiary/aromatic N) is 1. The third-order valence-electron chi connectivity index (χ3n) is 2.79. The standard InChI is InChI=1S/C11H20N2/c1-5-6-10(3)13-8-9(2)12-7-11(13)4/h1,9-12H,6-8H2,2-4H3. The van der Waals surface area contributed by atoms with Gasteiger partial charge in [-0.3, -0.25) is 4.90 Å². The van der Waals surface area contributed by atoms with Gasteiger partial charge in [0.1, 0.15) is 0 Å². The number of nitrogens with one attached hydrogen (secondary N) is 1. The number of hydrogen-bond acceptors (Lipinski definition) is 2. The van der Waals surface area contributed by atoms with Gasteiger partial charge in [0.25, 0.3) is 0 Å². The van der Waals surface area contributed by atoms with Crippen LogP contribution in [0.3, 0.4) is 0 Å². The maximum atomic E-state index is 5.32. The topological polar surface area (TPSA) is 15.3 Å². The maximum absolute atomic E-state index is 5.32. The zero-order valence-electron chi connectivity index (χ0n) is 8.88. The van der Waals surface area contributed by atoms with Crippen LogP contribution in [0.25, 0.3) is 0 Å². The first kappa shape index (κ1) is 10.6. The Labute approximate surface area is 81.7 Å². The molecule has 1 fully saturated rings. The van der Waals surface area contributed by atoms with Gasteiger partial charge in [-0.1, -0.05) is 0 Å². The minimum absolute atomic E-state index is 0.518. The molecule has 2 nitrogen and oxygen atoms in total. The first-order valence-corrected chi connectivity index (χ1v) is 5.07. The molecule has 1 saturated heterocycles. The molecular weight excluding hydrogens is 160 g/mol. The summed E-state index contributed by atoms with van der Waals surface area (Å²) in [4.78, 5) is 2.50. The molecule has 0 spiro atoms. The lowest BCUT2D eigenvalue weighted by molar-refractivity contribution is 0.105. The Kier molecular flexibility index (Phi) is 3.77. The quantitative estimate of drug-likeness (QED) is 0.640. The van der Waals surface area contributed by atoms with Crippen molar-refractivity contribution >= 4 is 0 Å². The van der Waals surface area contributed by atoms with Gasteiger partial charge in [0, 0.05) is 37.6 Å². The van der Waals surface area contributed by atoms with Crippen LogP contribution < -0.4 is 5.32 Å². The number of rotatable bonds is 2. The summed E-state index contributed by atoms with van der Waals surface area (Å²) >= 11 is 0. The van der Waals surface area contributed by atoms with Crippen LogP contribution in [0.2, 0.25) is 0 Å². The van der Waals surface area contributed by atoms with E-state index in [-0.39, 0.29) is 0 Å². The van der Waals surface area contributed by atoms with Gasteiger partial charge in [-0.25, -0.2) is 0 Å². The molecule has 0 saturated carbocycles. The highest BCUT2D eigenvalue weighted by Crippen LogP contribution is 2.12. The summed E-state index contributed by atoms with van der Waals surface area (Å²) in [6.45, 7) is 8.89. The fourth-order valence-corrected chi connectivity index (χ4v) is 1.95. The molecule has 1 N–H and O–H groups in total. The van der Waals surface area contributed by atoms with Crippen LogP contribution in [0.5, 0.6) is 0 Å². The van der Waals surface area contributed by atoms with Crippen molar-refractivity contribution in [2.75, 3.05) is 13.1 Å². The van der Waals surface area contributed by atoms with Gasteiger partial charge in [-0.15, -0.1) is 12.3 Å². The van der Waals surface area contributed by atoms with Gasteiger partial charge in [0.05, 0.1) is 0 Å². The maximum Gasteiger partial charge on any atom is 0.0240 e. The monoisotopic (exact) mass is 180 g/mol. The van der Waals surface area contributed by atoms with Gasteiger partial charge in [-0.05, 0) is 20.8 Å². The smallest absolute Gasteiger partial charge is 0.0240 e. The molecule has 3 unspecified atom stereocenters. The van der Waals surface area contributed by atoms with Gasteiger partial charge in [0.2, 0.25) is 0 Å². The van der Waals surface area contributed by atoms with Crippen LogP contribution in [-0.2, 0) is 0 Å². The highest BCUT2D eigenvalue weighted by Gasteiger charge is 2.25. The highest BCUT2D eigenvalue weighted by atomic mass is 15.2. The SMILES string of the molecule is C#CCC(C)N1CC(C)NCC1C. The molecule has 1 aliphatic rings. The van der Waals surface area contributed by atoms with Crippen molar-refractivity contribution in [3.63, 3.8) is 0 Å². The predicted octanol–water partition coefficient (Wildman–Crippen LogP) is 1.08. The normalized spacial score (nSPS) is 32.5. The molecule has 13 heavy (non-hydrogen) atoms. The molecule has 2 heteroatoms. The fourth-order valence-electron chi connectivity index (χ4n) is 1.95. The molecule has 0 bridgehead atoms. The zero-order chi connectivity index (χ0) is 9.84. The summed E-state index contributed by atoms with van der Waals surface area (Å²) in [6.07, 6.45) is 6.18. The molecule has 1 heterocycles. The highest BCUT2D eigenvalue weighted by molar-refractivity contribution is 4.92. The van der Waals surface area contributed by atoms with E-state index in [9.17, 15) is 0 Å². The third kappa shape index (κ3) is 2.72. The summed E-state index contributed by atoms with van der Waals surface area (Å²) in [5.74, 6) is 2.74.